The Labute approximate surface area is 236 Å². The second-order valence-corrected chi connectivity index (χ2v) is 9.78. The van der Waals surface area contributed by atoms with Gasteiger partial charge in [0.15, 0.2) is 0 Å². The van der Waals surface area contributed by atoms with Crippen LogP contribution in [0, 0.1) is 0 Å². The summed E-state index contributed by atoms with van der Waals surface area (Å²) in [6.07, 6.45) is 5.02. The van der Waals surface area contributed by atoms with Crippen LogP contribution in [-0.4, -0.2) is 0 Å². The number of hydrogen-bond acceptors (Lipinski definition) is 4. The average molecular weight is 509 g/mol. The minimum absolute atomic E-state index is 0. The maximum atomic E-state index is 12.8. The van der Waals surface area contributed by atoms with Gasteiger partial charge in [-0.3, -0.25) is 0 Å². The van der Waals surface area contributed by atoms with Gasteiger partial charge in [-0.2, -0.15) is 0 Å². The van der Waals surface area contributed by atoms with Gasteiger partial charge in [-0.25, -0.2) is 4.57 Å². The number of benzene rings is 4. The fourth-order valence-electron chi connectivity index (χ4n) is 4.11. The van der Waals surface area contributed by atoms with Crippen molar-refractivity contribution in [1.29, 1.82) is 0 Å². The molecule has 0 amide bonds. The van der Waals surface area contributed by atoms with Gasteiger partial charge in [-0.05, 0) is 72.9 Å². The molecule has 6 heteroatoms. The third kappa shape index (κ3) is 8.96. The van der Waals surface area contributed by atoms with Crippen LogP contribution in [0.1, 0.15) is 35.1 Å². The Bertz CT molecular complexity index is 1150. The van der Waals surface area contributed by atoms with Gasteiger partial charge in [0.25, 0.3) is 0 Å². The Morgan fingerprint density at radius 1 is 0.528 bits per heavy atom. The summed E-state index contributed by atoms with van der Waals surface area (Å²) in [5.74, 6) is 0.640. The Morgan fingerprint density at radius 3 is 1.31 bits per heavy atom. The Hall–Kier alpha value is -2.33. The zero-order chi connectivity index (χ0) is 24.3. The monoisotopic (exact) mass is 508 g/mol. The van der Waals surface area contributed by atoms with Crippen LogP contribution in [0.4, 0.5) is 0 Å². The van der Waals surface area contributed by atoms with Crippen molar-refractivity contribution in [1.82, 2.24) is 0 Å². The van der Waals surface area contributed by atoms with Crippen LogP contribution in [0.2, 0.25) is 0 Å². The van der Waals surface area contributed by atoms with Gasteiger partial charge in [-0.1, -0.05) is 97.1 Å². The molecule has 180 valence electrons. The van der Waals surface area contributed by atoms with E-state index in [1.807, 2.05) is 60.7 Å². The fraction of sp³-hybridized carbons (Fsp3) is 0.200. The molecule has 4 nitrogen and oxygen atoms in total. The molecule has 0 atom stereocenters. The van der Waals surface area contributed by atoms with Gasteiger partial charge in [0, 0.05) is 0 Å². The van der Waals surface area contributed by atoms with Gasteiger partial charge in [-0.15, -0.1) is 0 Å². The fourth-order valence-corrected chi connectivity index (χ4v) is 4.99. The van der Waals surface area contributed by atoms with Crippen molar-refractivity contribution in [2.45, 2.75) is 38.5 Å². The SMILES string of the molecule is O=P([O-])(Oc1ccccc1CCCc1ccccc1)Oc1ccccc1CCCc1ccccc1.[Na+]. The average Bonchev–Trinajstić information content (AvgIpc) is 2.87. The van der Waals surface area contributed by atoms with Gasteiger partial charge >= 0.3 is 37.4 Å². The first-order valence-electron chi connectivity index (χ1n) is 12.0. The van der Waals surface area contributed by atoms with E-state index in [0.717, 1.165) is 36.8 Å². The van der Waals surface area contributed by atoms with Crippen LogP contribution in [0.3, 0.4) is 0 Å². The molecule has 0 saturated carbocycles. The zero-order valence-corrected chi connectivity index (χ0v) is 23.6. The largest absolute Gasteiger partial charge is 1.00 e. The normalized spacial score (nSPS) is 10.9. The summed E-state index contributed by atoms with van der Waals surface area (Å²) in [6, 6.07) is 35.0. The maximum Gasteiger partial charge on any atom is 1.00 e. The summed E-state index contributed by atoms with van der Waals surface area (Å²) in [5, 5.41) is 0. The molecule has 0 N–H and O–H groups in total. The Morgan fingerprint density at radius 2 is 0.889 bits per heavy atom. The van der Waals surface area contributed by atoms with E-state index in [1.54, 1.807) is 24.3 Å². The first-order valence-corrected chi connectivity index (χ1v) is 13.5. The number of rotatable bonds is 12. The minimum Gasteiger partial charge on any atom is -0.736 e. The summed E-state index contributed by atoms with van der Waals surface area (Å²) in [7, 11) is -4.62. The number of aryl methyl sites for hydroxylation is 4. The van der Waals surface area contributed by atoms with E-state index in [0.29, 0.717) is 24.3 Å². The first kappa shape index (κ1) is 28.2. The molecule has 0 bridgehead atoms. The van der Waals surface area contributed by atoms with Crippen molar-refractivity contribution < 1.29 is 48.1 Å². The minimum atomic E-state index is -4.62. The smallest absolute Gasteiger partial charge is 0.736 e. The molecule has 4 rings (SSSR count). The van der Waals surface area contributed by atoms with Gasteiger partial charge < -0.3 is 13.9 Å². The summed E-state index contributed by atoms with van der Waals surface area (Å²) >= 11 is 0. The molecule has 4 aromatic carbocycles. The third-order valence-electron chi connectivity index (χ3n) is 5.87. The van der Waals surface area contributed by atoms with Gasteiger partial charge in [0.2, 0.25) is 0 Å². The molecule has 0 radical (unpaired) electrons. The molecule has 0 aromatic heterocycles. The number of hydrogen-bond donors (Lipinski definition) is 0. The van der Waals surface area contributed by atoms with Crippen molar-refractivity contribution in [3.63, 3.8) is 0 Å². The molecule has 0 aliphatic carbocycles. The van der Waals surface area contributed by atoms with Crippen molar-refractivity contribution >= 4 is 7.82 Å². The second kappa shape index (κ2) is 14.4. The molecule has 4 aromatic rings. The molecule has 0 aliphatic rings. The second-order valence-electron chi connectivity index (χ2n) is 8.52. The van der Waals surface area contributed by atoms with Gasteiger partial charge in [0.1, 0.15) is 11.5 Å². The van der Waals surface area contributed by atoms with Crippen molar-refractivity contribution in [3.05, 3.63) is 131 Å². The topological polar surface area (TPSA) is 58.6 Å². The van der Waals surface area contributed by atoms with E-state index in [-0.39, 0.29) is 29.6 Å². The molecule has 0 heterocycles. The molecule has 0 fully saturated rings. The first-order chi connectivity index (χ1) is 17.1. The number of phosphoric ester groups is 1. The zero-order valence-electron chi connectivity index (χ0n) is 20.7. The molecular formula is C30H30NaO4P. The van der Waals surface area contributed by atoms with Crippen LogP contribution in [0.15, 0.2) is 109 Å². The van der Waals surface area contributed by atoms with Crippen molar-refractivity contribution in [2.75, 3.05) is 0 Å². The molecule has 36 heavy (non-hydrogen) atoms. The standard InChI is InChI=1S/C30H31O4P.Na/c31-35(32,33-29-23-9-7-19-27(29)21-11-17-25-13-3-1-4-14-25)34-30-24-10-8-20-28(30)22-12-18-26-15-5-2-6-16-26;/h1-10,13-16,19-20,23-24H,11-12,17-18,21-22H2,(H,31,32);/q;+1/p-1. The summed E-state index contributed by atoms with van der Waals surface area (Å²) in [6.45, 7) is 0. The molecule has 0 aliphatic heterocycles. The van der Waals surface area contributed by atoms with Crippen LogP contribution in [0.25, 0.3) is 0 Å². The van der Waals surface area contributed by atoms with Crippen molar-refractivity contribution in [3.8, 4) is 11.5 Å². The predicted molar refractivity (Wildman–Crippen MR) is 139 cm³/mol. The molecule has 0 saturated heterocycles. The summed E-state index contributed by atoms with van der Waals surface area (Å²) in [4.78, 5) is 12.8. The number of para-hydroxylation sites is 2. The van der Waals surface area contributed by atoms with Gasteiger partial charge in [0.05, 0.1) is 0 Å². The van der Waals surface area contributed by atoms with Crippen LogP contribution >= 0.6 is 7.82 Å². The van der Waals surface area contributed by atoms with E-state index in [2.05, 4.69) is 24.3 Å². The van der Waals surface area contributed by atoms with E-state index in [9.17, 15) is 9.46 Å². The molecular weight excluding hydrogens is 478 g/mol. The maximum absolute atomic E-state index is 12.8. The van der Waals surface area contributed by atoms with Crippen LogP contribution < -0.4 is 43.5 Å². The third-order valence-corrected chi connectivity index (χ3v) is 6.71. The summed E-state index contributed by atoms with van der Waals surface area (Å²) < 4.78 is 23.7. The predicted octanol–water partition coefficient (Wildman–Crippen LogP) is 3.97. The Balaban J connectivity index is 0.00000361. The van der Waals surface area contributed by atoms with E-state index in [1.165, 1.54) is 11.1 Å². The Kier molecular flexibility index (Phi) is 11.3. The van der Waals surface area contributed by atoms with E-state index >= 15 is 0 Å². The molecule has 0 unspecified atom stereocenters. The summed E-state index contributed by atoms with van der Waals surface area (Å²) in [5.41, 5.74) is 4.21. The van der Waals surface area contributed by atoms with E-state index < -0.39 is 7.82 Å². The van der Waals surface area contributed by atoms with Crippen LogP contribution in [0.5, 0.6) is 11.5 Å². The quantitative estimate of drug-likeness (QED) is 0.215. The van der Waals surface area contributed by atoms with Crippen LogP contribution in [-0.2, 0) is 30.2 Å². The van der Waals surface area contributed by atoms with Crippen molar-refractivity contribution in [2.24, 2.45) is 0 Å². The molecule has 0 spiro atoms. The van der Waals surface area contributed by atoms with E-state index in [4.69, 9.17) is 9.05 Å². The number of phosphoric acid groups is 1.